The maximum absolute atomic E-state index is 11.8. The zero-order chi connectivity index (χ0) is 14.7. The number of carbonyl (C=O) groups excluding carboxylic acids is 2. The smallest absolute Gasteiger partial charge is 0 e. The average Bonchev–Trinajstić information content (AvgIpc) is 2.64. The Hall–Kier alpha value is -0.118. The number of hydrogen-bond acceptors (Lipinski definition) is 4. The molecule has 0 spiro atoms. The van der Waals surface area contributed by atoms with Crippen LogP contribution in [-0.4, -0.2) is 29.1 Å². The Kier molecular flexibility index (Phi) is 7.66. The summed E-state index contributed by atoms with van der Waals surface area (Å²) in [6, 6.07) is 0. The molecule has 1 saturated carbocycles. The minimum absolute atomic E-state index is 0. The Morgan fingerprint density at radius 1 is 1.57 bits per heavy atom. The van der Waals surface area contributed by atoms with E-state index in [0.717, 1.165) is 22.3 Å². The molecule has 2 aliphatic rings. The molecule has 1 radical (unpaired) electrons. The standard InChI is InChI=1S/C14H14NO4.W.Y/c1-9(18-2)7-10-5-3-4-6-11(8-10)12-13(16)15-14(17)19-12;;/h1,3,6-7,11-12H,4-5H2,2H3,(H,15,16,17);;/q-3;;/b10-7-;;. The van der Waals surface area contributed by atoms with Crippen molar-refractivity contribution >= 4 is 15.9 Å². The summed E-state index contributed by atoms with van der Waals surface area (Å²) in [5.41, 5.74) is 1.01. The van der Waals surface area contributed by atoms with Crippen molar-refractivity contribution in [2.24, 2.45) is 5.92 Å². The molecule has 2 atom stereocenters. The second kappa shape index (κ2) is 8.50. The van der Waals surface area contributed by atoms with Gasteiger partial charge < -0.3 is 0 Å². The molecule has 2 fully saturated rings. The predicted octanol–water partition coefficient (Wildman–Crippen LogP) is 1.05. The van der Waals surface area contributed by atoms with E-state index in [9.17, 15) is 9.59 Å². The number of alkyl carbamates (subject to hydrolysis) is 1. The molecular weight excluding hydrogens is 519 g/mol. The Labute approximate surface area is 160 Å². The summed E-state index contributed by atoms with van der Waals surface area (Å²) in [6.45, 7) is 5.69. The minimum atomic E-state index is -0.784. The Morgan fingerprint density at radius 2 is 2.29 bits per heavy atom. The third-order valence-corrected chi connectivity index (χ3v) is 5.06. The predicted molar refractivity (Wildman–Crippen MR) is 67.6 cm³/mol. The Morgan fingerprint density at radius 3 is 2.86 bits per heavy atom. The first-order valence-corrected chi connectivity index (χ1v) is 7.57. The van der Waals surface area contributed by atoms with E-state index in [1.165, 1.54) is 26.5 Å². The topological polar surface area (TPSA) is 64.6 Å². The summed E-state index contributed by atoms with van der Waals surface area (Å²) in [5.74, 6) is -0.285. The number of cyclic esters (lactones) is 1. The van der Waals surface area contributed by atoms with Crippen molar-refractivity contribution in [1.29, 1.82) is 0 Å². The van der Waals surface area contributed by atoms with Crippen molar-refractivity contribution in [1.82, 2.24) is 5.32 Å². The molecule has 21 heavy (non-hydrogen) atoms. The van der Waals surface area contributed by atoms with Gasteiger partial charge in [0.1, 0.15) is 0 Å². The number of nitrogens with one attached hydrogen (secondary N) is 1. The Bertz CT molecular complexity index is 503. The van der Waals surface area contributed by atoms with Crippen LogP contribution in [0.5, 0.6) is 0 Å². The molecule has 1 N–H and O–H groups in total. The van der Waals surface area contributed by atoms with Crippen molar-refractivity contribution in [3.8, 4) is 0 Å². The van der Waals surface area contributed by atoms with Crippen LogP contribution in [0.3, 0.4) is 0 Å². The second-order valence-electron chi connectivity index (χ2n) is 4.45. The molecule has 1 heterocycles. The summed E-state index contributed by atoms with van der Waals surface area (Å²) < 4.78 is 11.1. The van der Waals surface area contributed by atoms with Crippen LogP contribution in [0.1, 0.15) is 12.8 Å². The molecule has 1 saturated heterocycles. The third kappa shape index (κ3) is 4.67. The van der Waals surface area contributed by atoms with Crippen molar-refractivity contribution in [3.63, 3.8) is 0 Å². The fourth-order valence-corrected chi connectivity index (χ4v) is 3.43. The van der Waals surface area contributed by atoms with Crippen LogP contribution >= 0.6 is 0 Å². The van der Waals surface area contributed by atoms with Gasteiger partial charge in [0.25, 0.3) is 0 Å². The molecule has 7 heteroatoms. The SMILES string of the molecule is [CH-]=C(/C=C1/C[CH-]C[CH-]C(C2OC(=O)NC2=O)[C]1=[W])OC.[Y]. The van der Waals surface area contributed by atoms with E-state index in [-0.39, 0.29) is 44.5 Å². The first-order valence-electron chi connectivity index (χ1n) is 6.10. The van der Waals surface area contributed by atoms with Gasteiger partial charge in [-0.2, -0.15) is 0 Å². The summed E-state index contributed by atoms with van der Waals surface area (Å²) in [7, 11) is 1.50. The maximum Gasteiger partial charge on any atom is 0 e. The monoisotopic (exact) mass is 533 g/mol. The van der Waals surface area contributed by atoms with Crippen LogP contribution in [-0.2, 0) is 66.3 Å². The molecule has 2 rings (SSSR count). The third-order valence-electron chi connectivity index (χ3n) is 3.14. The molecule has 0 aromatic heterocycles. The van der Waals surface area contributed by atoms with Crippen LogP contribution in [0.2, 0.25) is 0 Å². The first-order chi connectivity index (χ1) is 9.52. The fraction of sp³-hybridized carbons (Fsp3) is 0.357. The van der Waals surface area contributed by atoms with Gasteiger partial charge in [0, 0.05) is 32.7 Å². The number of imide groups is 1. The van der Waals surface area contributed by atoms with E-state index >= 15 is 0 Å². The first kappa shape index (κ1) is 18.9. The molecule has 2 unspecified atom stereocenters. The second-order valence-corrected chi connectivity index (χ2v) is 6.03. The number of rotatable bonds is 3. The molecule has 2 amide bonds. The van der Waals surface area contributed by atoms with E-state index in [1.807, 2.05) is 6.42 Å². The number of ether oxygens (including phenoxy) is 2. The molecule has 5 nitrogen and oxygen atoms in total. The summed E-state index contributed by atoms with van der Waals surface area (Å²) in [6.07, 6.45) is 5.87. The van der Waals surface area contributed by atoms with Gasteiger partial charge in [-0.05, 0) is 0 Å². The number of amides is 2. The van der Waals surface area contributed by atoms with E-state index < -0.39 is 12.2 Å². The van der Waals surface area contributed by atoms with Gasteiger partial charge >= 0.3 is 128 Å². The van der Waals surface area contributed by atoms with Crippen molar-refractivity contribution in [2.75, 3.05) is 7.11 Å². The quantitative estimate of drug-likeness (QED) is 0.335. The van der Waals surface area contributed by atoms with Crippen LogP contribution < -0.4 is 5.32 Å². The molecule has 0 aromatic rings. The summed E-state index contributed by atoms with van der Waals surface area (Å²) >= 11 is 1.21. The molecule has 1 aliphatic carbocycles. The van der Waals surface area contributed by atoms with E-state index in [2.05, 4.69) is 11.7 Å². The summed E-state index contributed by atoms with van der Waals surface area (Å²) in [4.78, 5) is 22.9. The average molecular weight is 533 g/mol. The zero-order valence-corrected chi connectivity index (χ0v) is 17.3. The van der Waals surface area contributed by atoms with Gasteiger partial charge in [-0.3, -0.25) is 0 Å². The van der Waals surface area contributed by atoms with E-state index in [1.54, 1.807) is 6.08 Å². The maximum atomic E-state index is 11.8. The van der Waals surface area contributed by atoms with E-state index in [0.29, 0.717) is 5.76 Å². The normalized spacial score (nSPS) is 27.5. The molecule has 0 aromatic carbocycles. The van der Waals surface area contributed by atoms with Gasteiger partial charge in [-0.15, -0.1) is 0 Å². The Balaban J connectivity index is 0.00000220. The number of hydrogen-bond donors (Lipinski definition) is 1. The van der Waals surface area contributed by atoms with Crippen LogP contribution in [0, 0.1) is 25.3 Å². The van der Waals surface area contributed by atoms with Gasteiger partial charge in [0.2, 0.25) is 0 Å². The van der Waals surface area contributed by atoms with Gasteiger partial charge in [-0.1, -0.05) is 0 Å². The largest absolute Gasteiger partial charge is 0 e. The molecule has 1 aliphatic heterocycles. The molecule has 111 valence electrons. The fourth-order valence-electron chi connectivity index (χ4n) is 2.13. The van der Waals surface area contributed by atoms with E-state index in [4.69, 9.17) is 16.1 Å². The van der Waals surface area contributed by atoms with Gasteiger partial charge in [-0.25, -0.2) is 0 Å². The van der Waals surface area contributed by atoms with Crippen molar-refractivity contribution < 1.29 is 71.1 Å². The van der Waals surface area contributed by atoms with Crippen molar-refractivity contribution in [2.45, 2.75) is 18.9 Å². The number of carbonyl (C=O) groups is 2. The minimum Gasteiger partial charge on any atom is 0 e. The molecular formula is C14H14NO4WY-3. The van der Waals surface area contributed by atoms with Gasteiger partial charge in [0.15, 0.2) is 0 Å². The molecule has 0 bridgehead atoms. The van der Waals surface area contributed by atoms with Gasteiger partial charge in [0.05, 0.1) is 0 Å². The number of methoxy groups -OCH3 is 1. The van der Waals surface area contributed by atoms with Crippen LogP contribution in [0.4, 0.5) is 4.79 Å². The number of allylic oxidation sites excluding steroid dienone is 2. The summed E-state index contributed by atoms with van der Waals surface area (Å²) in [5, 5.41) is 2.16. The zero-order valence-electron chi connectivity index (χ0n) is 11.5. The van der Waals surface area contributed by atoms with Crippen molar-refractivity contribution in [3.05, 3.63) is 36.8 Å². The van der Waals surface area contributed by atoms with Crippen LogP contribution in [0.15, 0.2) is 17.4 Å². The van der Waals surface area contributed by atoms with Crippen LogP contribution in [0.25, 0.3) is 0 Å².